The standard InChI is InChI=1S/C20H29N3O3/c1-5-8-23-9-7-16-15(13-23)19(22-21-16)14-11-17(24-3)20(26-10-6-2)18(12-14)25-4/h11-12H,5-10,13H2,1-4H3,(H,21,22). The molecule has 0 radical (unpaired) electrons. The van der Waals surface area contributed by atoms with E-state index in [1.54, 1.807) is 14.2 Å². The van der Waals surface area contributed by atoms with Gasteiger partial charge in [0.15, 0.2) is 11.5 Å². The van der Waals surface area contributed by atoms with E-state index in [9.17, 15) is 0 Å². The Morgan fingerprint density at radius 1 is 1.12 bits per heavy atom. The van der Waals surface area contributed by atoms with Crippen LogP contribution in [0.5, 0.6) is 17.2 Å². The van der Waals surface area contributed by atoms with Gasteiger partial charge in [-0.25, -0.2) is 0 Å². The molecule has 1 N–H and O–H groups in total. The third-order valence-electron chi connectivity index (χ3n) is 4.74. The minimum Gasteiger partial charge on any atom is -0.493 e. The quantitative estimate of drug-likeness (QED) is 0.780. The predicted molar refractivity (Wildman–Crippen MR) is 102 cm³/mol. The van der Waals surface area contributed by atoms with Crippen LogP contribution in [0.15, 0.2) is 12.1 Å². The van der Waals surface area contributed by atoms with E-state index in [-0.39, 0.29) is 0 Å². The fourth-order valence-electron chi connectivity index (χ4n) is 3.46. The van der Waals surface area contributed by atoms with Crippen LogP contribution >= 0.6 is 0 Å². The lowest BCUT2D eigenvalue weighted by Gasteiger charge is -2.26. The van der Waals surface area contributed by atoms with Crippen molar-refractivity contribution in [1.29, 1.82) is 0 Å². The second-order valence-corrected chi connectivity index (χ2v) is 6.61. The molecule has 6 heteroatoms. The highest BCUT2D eigenvalue weighted by Crippen LogP contribution is 2.42. The zero-order valence-electron chi connectivity index (χ0n) is 16.2. The molecule has 0 spiro atoms. The van der Waals surface area contributed by atoms with E-state index in [1.807, 2.05) is 12.1 Å². The summed E-state index contributed by atoms with van der Waals surface area (Å²) in [6.45, 7) is 8.03. The predicted octanol–water partition coefficient (Wildman–Crippen LogP) is 3.65. The van der Waals surface area contributed by atoms with Crippen LogP contribution in [0, 0.1) is 0 Å². The number of benzene rings is 1. The fourth-order valence-corrected chi connectivity index (χ4v) is 3.46. The zero-order chi connectivity index (χ0) is 18.5. The van der Waals surface area contributed by atoms with E-state index >= 15 is 0 Å². The molecule has 2 heterocycles. The van der Waals surface area contributed by atoms with Crippen molar-refractivity contribution in [2.75, 3.05) is 33.9 Å². The van der Waals surface area contributed by atoms with Gasteiger partial charge in [0, 0.05) is 36.3 Å². The van der Waals surface area contributed by atoms with Crippen LogP contribution in [0.2, 0.25) is 0 Å². The molecule has 142 valence electrons. The molecule has 0 bridgehead atoms. The Kier molecular flexibility index (Phi) is 6.04. The van der Waals surface area contributed by atoms with Crippen molar-refractivity contribution in [3.8, 4) is 28.5 Å². The molecule has 26 heavy (non-hydrogen) atoms. The summed E-state index contributed by atoms with van der Waals surface area (Å²) in [7, 11) is 3.31. The molecule has 0 atom stereocenters. The second-order valence-electron chi connectivity index (χ2n) is 6.61. The van der Waals surface area contributed by atoms with Gasteiger partial charge in [-0.05, 0) is 31.5 Å². The molecular weight excluding hydrogens is 330 g/mol. The highest BCUT2D eigenvalue weighted by Gasteiger charge is 2.24. The lowest BCUT2D eigenvalue weighted by atomic mass is 10.00. The first-order chi connectivity index (χ1) is 12.7. The first-order valence-electron chi connectivity index (χ1n) is 9.39. The molecule has 1 aliphatic heterocycles. The topological polar surface area (TPSA) is 59.6 Å². The van der Waals surface area contributed by atoms with Gasteiger partial charge in [-0.2, -0.15) is 5.10 Å². The highest BCUT2D eigenvalue weighted by atomic mass is 16.5. The monoisotopic (exact) mass is 359 g/mol. The van der Waals surface area contributed by atoms with Crippen LogP contribution in [0.1, 0.15) is 37.9 Å². The minimum absolute atomic E-state index is 0.621. The molecule has 0 aliphatic carbocycles. The molecule has 1 aromatic carbocycles. The summed E-state index contributed by atoms with van der Waals surface area (Å²) >= 11 is 0. The highest BCUT2D eigenvalue weighted by molar-refractivity contribution is 5.71. The largest absolute Gasteiger partial charge is 0.493 e. The Morgan fingerprint density at radius 2 is 1.85 bits per heavy atom. The van der Waals surface area contributed by atoms with Gasteiger partial charge in [-0.15, -0.1) is 0 Å². The number of hydrogen-bond acceptors (Lipinski definition) is 5. The van der Waals surface area contributed by atoms with E-state index in [2.05, 4.69) is 28.9 Å². The summed E-state index contributed by atoms with van der Waals surface area (Å²) in [5, 5.41) is 7.82. The molecule has 0 amide bonds. The number of aromatic amines is 1. The molecular formula is C20H29N3O3. The number of fused-ring (bicyclic) bond motifs is 1. The summed E-state index contributed by atoms with van der Waals surface area (Å²) in [6.07, 6.45) is 3.09. The SMILES string of the molecule is CCCOc1c(OC)cc(-c2n[nH]c3c2CN(CCC)CC3)cc1OC. The number of methoxy groups -OCH3 is 2. The first kappa shape index (κ1) is 18.6. The smallest absolute Gasteiger partial charge is 0.203 e. The molecule has 0 saturated heterocycles. The van der Waals surface area contributed by atoms with E-state index in [0.29, 0.717) is 23.9 Å². The van der Waals surface area contributed by atoms with Crippen molar-refractivity contribution in [3.63, 3.8) is 0 Å². The minimum atomic E-state index is 0.621. The summed E-state index contributed by atoms with van der Waals surface area (Å²) in [5.41, 5.74) is 4.46. The summed E-state index contributed by atoms with van der Waals surface area (Å²) in [6, 6.07) is 3.98. The average molecular weight is 359 g/mol. The van der Waals surface area contributed by atoms with Gasteiger partial charge in [-0.3, -0.25) is 10.00 Å². The van der Waals surface area contributed by atoms with Gasteiger partial charge in [-0.1, -0.05) is 13.8 Å². The second kappa shape index (κ2) is 8.45. The molecule has 0 saturated carbocycles. The number of rotatable bonds is 8. The van der Waals surface area contributed by atoms with Crippen LogP contribution in [0.25, 0.3) is 11.3 Å². The van der Waals surface area contributed by atoms with E-state index < -0.39 is 0 Å². The van der Waals surface area contributed by atoms with Gasteiger partial charge in [0.25, 0.3) is 0 Å². The maximum Gasteiger partial charge on any atom is 0.203 e. The van der Waals surface area contributed by atoms with Crippen LogP contribution < -0.4 is 14.2 Å². The number of H-pyrrole nitrogens is 1. The molecule has 2 aromatic rings. The number of aromatic nitrogens is 2. The zero-order valence-corrected chi connectivity index (χ0v) is 16.2. The third-order valence-corrected chi connectivity index (χ3v) is 4.74. The van der Waals surface area contributed by atoms with E-state index in [0.717, 1.165) is 50.2 Å². The van der Waals surface area contributed by atoms with Crippen molar-refractivity contribution in [2.45, 2.75) is 39.7 Å². The van der Waals surface area contributed by atoms with Crippen molar-refractivity contribution in [3.05, 3.63) is 23.4 Å². The average Bonchev–Trinajstić information content (AvgIpc) is 3.09. The molecule has 1 aromatic heterocycles. The Bertz CT molecular complexity index is 717. The van der Waals surface area contributed by atoms with Crippen LogP contribution in [-0.2, 0) is 13.0 Å². The van der Waals surface area contributed by atoms with Crippen LogP contribution in [-0.4, -0.2) is 49.0 Å². The molecule has 0 fully saturated rings. The third kappa shape index (κ3) is 3.65. The van der Waals surface area contributed by atoms with Gasteiger partial charge in [0.05, 0.1) is 26.5 Å². The van der Waals surface area contributed by atoms with Crippen molar-refractivity contribution in [1.82, 2.24) is 15.1 Å². The Labute approximate surface area is 155 Å². The lowest BCUT2D eigenvalue weighted by molar-refractivity contribution is 0.254. The van der Waals surface area contributed by atoms with Crippen molar-refractivity contribution < 1.29 is 14.2 Å². The number of hydrogen-bond donors (Lipinski definition) is 1. The maximum absolute atomic E-state index is 5.85. The van der Waals surface area contributed by atoms with E-state index in [4.69, 9.17) is 14.2 Å². The number of nitrogens with zero attached hydrogens (tertiary/aromatic N) is 2. The molecule has 3 rings (SSSR count). The number of ether oxygens (including phenoxy) is 3. The lowest BCUT2D eigenvalue weighted by Crippen LogP contribution is -2.31. The molecule has 1 aliphatic rings. The van der Waals surface area contributed by atoms with Gasteiger partial charge in [0.2, 0.25) is 5.75 Å². The fraction of sp³-hybridized carbons (Fsp3) is 0.550. The summed E-state index contributed by atoms with van der Waals surface area (Å²) < 4.78 is 17.0. The number of nitrogens with one attached hydrogen (secondary N) is 1. The van der Waals surface area contributed by atoms with Gasteiger partial charge >= 0.3 is 0 Å². The Balaban J connectivity index is 1.99. The van der Waals surface area contributed by atoms with Crippen molar-refractivity contribution >= 4 is 0 Å². The van der Waals surface area contributed by atoms with Gasteiger partial charge < -0.3 is 14.2 Å². The Morgan fingerprint density at radius 3 is 2.46 bits per heavy atom. The maximum atomic E-state index is 5.85. The normalized spacial score (nSPS) is 14.2. The molecule has 6 nitrogen and oxygen atoms in total. The van der Waals surface area contributed by atoms with Crippen LogP contribution in [0.3, 0.4) is 0 Å². The first-order valence-corrected chi connectivity index (χ1v) is 9.39. The summed E-state index contributed by atoms with van der Waals surface area (Å²) in [5.74, 6) is 1.99. The van der Waals surface area contributed by atoms with Gasteiger partial charge in [0.1, 0.15) is 0 Å². The molecule has 0 unspecified atom stereocenters. The van der Waals surface area contributed by atoms with E-state index in [1.165, 1.54) is 11.3 Å². The van der Waals surface area contributed by atoms with Crippen molar-refractivity contribution in [2.24, 2.45) is 0 Å². The summed E-state index contributed by atoms with van der Waals surface area (Å²) in [4.78, 5) is 2.48. The Hall–Kier alpha value is -2.21. The van der Waals surface area contributed by atoms with Crippen LogP contribution in [0.4, 0.5) is 0 Å².